The molecule has 1 aromatic carbocycles. The summed E-state index contributed by atoms with van der Waals surface area (Å²) in [5.41, 5.74) is -0.266. The lowest BCUT2D eigenvalue weighted by Crippen LogP contribution is -2.37. The molecule has 0 aliphatic carbocycles. The Balaban J connectivity index is 1.94. The first-order chi connectivity index (χ1) is 18.2. The van der Waals surface area contributed by atoms with Crippen LogP contribution in [0.2, 0.25) is 0 Å². The first-order valence-corrected chi connectivity index (χ1v) is 13.2. The molecule has 0 saturated carbocycles. The first kappa shape index (κ1) is 25.8. The third-order valence-corrected chi connectivity index (χ3v) is 7.05. The Kier molecular flexibility index (Phi) is 8.45. The molecule has 2 heterocycles. The molecule has 1 aromatic heterocycles. The van der Waals surface area contributed by atoms with Crippen LogP contribution in [0.5, 0.6) is 5.75 Å². The number of ether oxygens (including phenoxy) is 2. The zero-order valence-electron chi connectivity index (χ0n) is 22.5. The molecule has 3 rings (SSSR count). The number of aliphatic hydroxyl groups is 1. The average molecular weight is 555 g/mol. The van der Waals surface area contributed by atoms with Crippen LogP contribution >= 0.6 is 20.0 Å². The molecule has 2 aromatic rings. The maximum absolute atomic E-state index is 13.8. The Bertz CT molecular complexity index is 1400. The number of aromatic amines is 1. The van der Waals surface area contributed by atoms with Gasteiger partial charge < -0.3 is 23.9 Å². The van der Waals surface area contributed by atoms with Crippen LogP contribution in [-0.4, -0.2) is 57.6 Å². The maximum Gasteiger partial charge on any atom is 0.459 e. The van der Waals surface area contributed by atoms with Crippen LogP contribution in [0, 0.1) is 18.1 Å². The van der Waals surface area contributed by atoms with E-state index in [9.17, 15) is 19.3 Å². The molecule has 1 fully saturated rings. The van der Waals surface area contributed by atoms with E-state index in [1.54, 1.807) is 39.0 Å². The molecule has 1 unspecified atom stereocenters. The second kappa shape index (κ2) is 12.1. The monoisotopic (exact) mass is 554 g/mol. The molecule has 12 nitrogen and oxygen atoms in total. The second-order valence-corrected chi connectivity index (χ2v) is 10.5. The summed E-state index contributed by atoms with van der Waals surface area (Å²) < 4.78 is 53.6. The highest BCUT2D eigenvalue weighted by Gasteiger charge is 2.51. The van der Waals surface area contributed by atoms with E-state index >= 15 is 0 Å². The van der Waals surface area contributed by atoms with Crippen molar-refractivity contribution < 1.29 is 35.7 Å². The first-order valence-electron chi connectivity index (χ1n) is 12.2. The molecule has 14 heteroatoms. The molecule has 0 bridgehead atoms. The summed E-state index contributed by atoms with van der Waals surface area (Å²) in [7, 11) is -4.72. The van der Waals surface area contributed by atoms with Crippen molar-refractivity contribution in [2.45, 2.75) is 64.3 Å². The molecule has 0 amide bonds. The van der Waals surface area contributed by atoms with Gasteiger partial charge in [-0.15, -0.1) is 0 Å². The Morgan fingerprint density at radius 2 is 2.08 bits per heavy atom. The number of hydrogen-bond donors (Lipinski definition) is 3. The van der Waals surface area contributed by atoms with Gasteiger partial charge in [0.05, 0.1) is 15.4 Å². The van der Waals surface area contributed by atoms with Crippen molar-refractivity contribution in [3.8, 4) is 5.75 Å². The number of carbonyl (C=O) groups excluding carboxylic acids is 1. The van der Waals surface area contributed by atoms with E-state index in [1.165, 1.54) is 25.3 Å². The zero-order chi connectivity index (χ0) is 29.1. The summed E-state index contributed by atoms with van der Waals surface area (Å²) in [5.74, 6) is -0.771. The number of nitrogens with zero attached hydrogens (tertiary/aromatic N) is 2. The van der Waals surface area contributed by atoms with E-state index in [2.05, 4.69) is 14.9 Å². The van der Waals surface area contributed by atoms with Crippen LogP contribution in [0.1, 0.15) is 35.3 Å². The van der Waals surface area contributed by atoms with Gasteiger partial charge in [0.15, 0.2) is 6.10 Å². The summed E-state index contributed by atoms with van der Waals surface area (Å²) in [6.45, 7) is 10.6. The van der Waals surface area contributed by atoms with Gasteiger partial charge in [0, 0.05) is 11.8 Å². The summed E-state index contributed by atoms with van der Waals surface area (Å²) in [4.78, 5) is 30.6. The highest BCUT2D eigenvalue weighted by atomic mass is 32.1. The quantitative estimate of drug-likeness (QED) is 0.173. The number of hydrogen-bond acceptors (Lipinski definition) is 9. The number of benzene rings is 1. The number of H-pyrrole nitrogens is 1. The summed E-state index contributed by atoms with van der Waals surface area (Å²) >= 11 is 5.04. The van der Waals surface area contributed by atoms with Crippen LogP contribution in [0.3, 0.4) is 0 Å². The molecule has 1 aliphatic heterocycles. The molecule has 0 spiro atoms. The van der Waals surface area contributed by atoms with Gasteiger partial charge in [0.1, 0.15) is 22.5 Å². The van der Waals surface area contributed by atoms with Crippen molar-refractivity contribution in [2.75, 3.05) is 6.56 Å². The number of nitrogens with one attached hydrogen (secondary N) is 2. The van der Waals surface area contributed by atoms with E-state index in [0.717, 1.165) is 4.57 Å². The fourth-order valence-electron chi connectivity index (χ4n) is 3.34. The smallest absolute Gasteiger partial charge is 0.459 e. The summed E-state index contributed by atoms with van der Waals surface area (Å²) in [5, 5.41) is 13.2. The van der Waals surface area contributed by atoms with Crippen molar-refractivity contribution in [1.82, 2.24) is 14.6 Å². The standard InChI is InChI=1S/C23H29N4O8PS/c1-13(2)33-22(29)15(4)26-36(31,35-16-9-7-6-8-10-16)32-12-17-19(28)18(24-5)21(34-17)27-11-14(3)20(37)25-23(27)30/h6-11,13,15,17-19,21,28H,12H2,1-4H3,(H,26,31)(H,25,30,37)/t15-,17-,18+,19?,21-,36+/m0/s1/i12D2. The molecular formula is C23H29N4O8PS. The second-order valence-electron chi connectivity index (χ2n) is 8.48. The van der Waals surface area contributed by atoms with E-state index in [4.69, 9.17) is 40.1 Å². The molecule has 200 valence electrons. The number of esters is 1. The van der Waals surface area contributed by atoms with Crippen molar-refractivity contribution in [3.05, 3.63) is 68.6 Å². The molecule has 1 aliphatic rings. The summed E-state index contributed by atoms with van der Waals surface area (Å²) in [6.07, 6.45) is -4.30. The number of carbonyl (C=O) groups is 1. The Morgan fingerprint density at radius 3 is 2.70 bits per heavy atom. The van der Waals surface area contributed by atoms with Crippen molar-refractivity contribution >= 4 is 25.9 Å². The number of aliphatic hydroxyl groups excluding tert-OH is 1. The Morgan fingerprint density at radius 1 is 1.41 bits per heavy atom. The molecule has 37 heavy (non-hydrogen) atoms. The number of aryl methyl sites for hydroxylation is 1. The highest BCUT2D eigenvalue weighted by Crippen LogP contribution is 2.46. The number of para-hydroxylation sites is 1. The number of aromatic nitrogens is 2. The van der Waals surface area contributed by atoms with Gasteiger partial charge in [-0.05, 0) is 39.8 Å². The minimum atomic E-state index is -4.72. The molecule has 3 N–H and O–H groups in total. The van der Waals surface area contributed by atoms with Gasteiger partial charge in [-0.1, -0.05) is 30.4 Å². The van der Waals surface area contributed by atoms with Crippen LogP contribution in [0.25, 0.3) is 4.85 Å². The van der Waals surface area contributed by atoms with Crippen molar-refractivity contribution in [2.24, 2.45) is 0 Å². The van der Waals surface area contributed by atoms with Crippen LogP contribution < -0.4 is 15.3 Å². The fraction of sp³-hybridized carbons (Fsp3) is 0.478. The van der Waals surface area contributed by atoms with E-state index < -0.39 is 62.6 Å². The number of rotatable bonds is 10. The third-order valence-electron chi connectivity index (χ3n) is 5.12. The lowest BCUT2D eigenvalue weighted by molar-refractivity contribution is -0.149. The Hall–Kier alpha value is -2.85. The van der Waals surface area contributed by atoms with Gasteiger partial charge in [-0.3, -0.25) is 18.9 Å². The molecule has 0 radical (unpaired) electrons. The van der Waals surface area contributed by atoms with E-state index in [-0.39, 0.29) is 10.4 Å². The largest absolute Gasteiger partial charge is 0.462 e. The molecular weight excluding hydrogens is 523 g/mol. The summed E-state index contributed by atoms with van der Waals surface area (Å²) in [6, 6.07) is 4.99. The SMILES string of the molecule is [2H]C([2H])(O[P@](=O)(N[C@@H](C)C(=O)OC(C)C)Oc1ccccc1)[C@@H]1O[C@H](n2cc(C)c(=S)[nH]c2=O)[C@H]([N+]#[C-])C1O. The Labute approximate surface area is 221 Å². The zero-order valence-corrected chi connectivity index (χ0v) is 22.2. The average Bonchev–Trinajstić information content (AvgIpc) is 3.17. The van der Waals surface area contributed by atoms with Gasteiger partial charge >= 0.3 is 19.4 Å². The van der Waals surface area contributed by atoms with Gasteiger partial charge in [-0.2, -0.15) is 5.09 Å². The lowest BCUT2D eigenvalue weighted by Gasteiger charge is -2.24. The van der Waals surface area contributed by atoms with E-state index in [1.807, 2.05) is 0 Å². The fourth-order valence-corrected chi connectivity index (χ4v) is 4.84. The van der Waals surface area contributed by atoms with Crippen LogP contribution in [0.4, 0.5) is 0 Å². The van der Waals surface area contributed by atoms with Gasteiger partial charge in [0.2, 0.25) is 6.23 Å². The van der Waals surface area contributed by atoms with Crippen molar-refractivity contribution in [1.29, 1.82) is 0 Å². The lowest BCUT2D eigenvalue weighted by atomic mass is 10.1. The minimum absolute atomic E-state index is 0.0277. The van der Waals surface area contributed by atoms with E-state index in [0.29, 0.717) is 5.56 Å². The minimum Gasteiger partial charge on any atom is -0.462 e. The third kappa shape index (κ3) is 7.13. The predicted octanol–water partition coefficient (Wildman–Crippen LogP) is 2.89. The van der Waals surface area contributed by atoms with Crippen molar-refractivity contribution in [3.63, 3.8) is 0 Å². The molecule has 1 saturated heterocycles. The topological polar surface area (TPSA) is 145 Å². The van der Waals surface area contributed by atoms with Crippen LogP contribution in [-0.2, 0) is 23.4 Å². The van der Waals surface area contributed by atoms with Gasteiger partial charge in [0.25, 0.3) is 6.04 Å². The predicted molar refractivity (Wildman–Crippen MR) is 135 cm³/mol. The van der Waals surface area contributed by atoms with Crippen LogP contribution in [0.15, 0.2) is 41.3 Å². The normalized spacial score (nSPS) is 24.9. The maximum atomic E-state index is 13.8. The van der Waals surface area contributed by atoms with Gasteiger partial charge in [-0.25, -0.2) is 15.9 Å². The highest BCUT2D eigenvalue weighted by molar-refractivity contribution is 7.71. The molecule has 6 atom stereocenters.